The molecule has 0 aliphatic heterocycles. The Hall–Kier alpha value is -0.940. The fraction of sp³-hybridized carbons (Fsp3) is 0.533. The number of amides is 1. The first-order valence-electron chi connectivity index (χ1n) is 6.85. The zero-order valence-electron chi connectivity index (χ0n) is 11.9. The van der Waals surface area contributed by atoms with Gasteiger partial charge >= 0.3 is 0 Å². The van der Waals surface area contributed by atoms with E-state index in [2.05, 4.69) is 40.2 Å². The van der Waals surface area contributed by atoms with Crippen molar-refractivity contribution in [3.8, 4) is 0 Å². The van der Waals surface area contributed by atoms with E-state index in [0.29, 0.717) is 16.6 Å². The van der Waals surface area contributed by atoms with Crippen molar-refractivity contribution in [2.45, 2.75) is 31.2 Å². The molecule has 0 unspecified atom stereocenters. The van der Waals surface area contributed by atoms with Crippen molar-refractivity contribution >= 4 is 21.8 Å². The largest absolute Gasteiger partial charge is 0.350 e. The van der Waals surface area contributed by atoms with Gasteiger partial charge in [0.15, 0.2) is 0 Å². The molecule has 0 heterocycles. The van der Waals surface area contributed by atoms with Crippen molar-refractivity contribution in [1.29, 1.82) is 0 Å². The van der Waals surface area contributed by atoms with Crippen molar-refractivity contribution in [2.75, 3.05) is 20.6 Å². The maximum absolute atomic E-state index is 13.4. The van der Waals surface area contributed by atoms with Gasteiger partial charge in [0.1, 0.15) is 5.82 Å². The van der Waals surface area contributed by atoms with Gasteiger partial charge in [-0.2, -0.15) is 0 Å². The molecule has 20 heavy (non-hydrogen) atoms. The van der Waals surface area contributed by atoms with Gasteiger partial charge in [-0.15, -0.1) is 0 Å². The third kappa shape index (κ3) is 3.20. The summed E-state index contributed by atoms with van der Waals surface area (Å²) < 4.78 is 13.8. The highest BCUT2D eigenvalue weighted by Gasteiger charge is 2.36. The minimum Gasteiger partial charge on any atom is -0.350 e. The molecule has 0 bridgehead atoms. The molecule has 0 atom stereocenters. The maximum Gasteiger partial charge on any atom is 0.251 e. The zero-order valence-corrected chi connectivity index (χ0v) is 13.5. The lowest BCUT2D eigenvalue weighted by Crippen LogP contribution is -2.50. The Labute approximate surface area is 127 Å². The number of hydrogen-bond acceptors (Lipinski definition) is 2. The summed E-state index contributed by atoms with van der Waals surface area (Å²) in [5.74, 6) is -0.634. The van der Waals surface area contributed by atoms with Crippen LogP contribution in [0.4, 0.5) is 4.39 Å². The summed E-state index contributed by atoms with van der Waals surface area (Å²) in [6.45, 7) is 0.608. The topological polar surface area (TPSA) is 32.3 Å². The number of nitrogens with one attached hydrogen (secondary N) is 1. The molecular formula is C15H20BrFN2O. The van der Waals surface area contributed by atoms with Crippen molar-refractivity contribution < 1.29 is 9.18 Å². The zero-order chi connectivity index (χ0) is 14.8. The van der Waals surface area contributed by atoms with Gasteiger partial charge in [0.25, 0.3) is 5.91 Å². The van der Waals surface area contributed by atoms with Crippen molar-refractivity contribution in [3.05, 3.63) is 34.1 Å². The predicted molar refractivity (Wildman–Crippen MR) is 81.3 cm³/mol. The molecular weight excluding hydrogens is 323 g/mol. The molecule has 1 aromatic rings. The molecule has 1 fully saturated rings. The maximum atomic E-state index is 13.4. The molecule has 110 valence electrons. The standard InChI is InChI=1S/C15H20BrFN2O/c1-19(2)15(7-3-4-8-15)10-18-14(20)11-5-6-12(16)13(17)9-11/h5-6,9H,3-4,7-8,10H2,1-2H3,(H,18,20). The van der Waals surface area contributed by atoms with Crippen LogP contribution in [0.5, 0.6) is 0 Å². The highest BCUT2D eigenvalue weighted by atomic mass is 79.9. The van der Waals surface area contributed by atoms with Gasteiger partial charge in [0.05, 0.1) is 4.47 Å². The second kappa shape index (κ2) is 6.22. The van der Waals surface area contributed by atoms with Crippen LogP contribution in [-0.4, -0.2) is 37.0 Å². The lowest BCUT2D eigenvalue weighted by atomic mass is 9.96. The molecule has 1 saturated carbocycles. The summed E-state index contributed by atoms with van der Waals surface area (Å²) in [6.07, 6.45) is 4.58. The molecule has 2 rings (SSSR count). The van der Waals surface area contributed by atoms with E-state index < -0.39 is 5.82 Å². The highest BCUT2D eigenvalue weighted by molar-refractivity contribution is 9.10. The Morgan fingerprint density at radius 2 is 2.05 bits per heavy atom. The second-order valence-electron chi connectivity index (χ2n) is 5.64. The number of carbonyl (C=O) groups excluding carboxylic acids is 1. The SMILES string of the molecule is CN(C)C1(CNC(=O)c2ccc(Br)c(F)c2)CCCC1. The van der Waals surface area contributed by atoms with Crippen molar-refractivity contribution in [1.82, 2.24) is 10.2 Å². The van der Waals surface area contributed by atoms with Crippen LogP contribution in [0.1, 0.15) is 36.0 Å². The van der Waals surface area contributed by atoms with Crippen LogP contribution in [0.3, 0.4) is 0 Å². The first-order valence-corrected chi connectivity index (χ1v) is 7.65. The van der Waals surface area contributed by atoms with Gasteiger partial charge in [-0.25, -0.2) is 4.39 Å². The molecule has 5 heteroatoms. The van der Waals surface area contributed by atoms with Gasteiger partial charge in [-0.05, 0) is 61.1 Å². The smallest absolute Gasteiger partial charge is 0.251 e. The summed E-state index contributed by atoms with van der Waals surface area (Å²) in [6, 6.07) is 4.44. The van der Waals surface area contributed by atoms with Crippen molar-refractivity contribution in [2.24, 2.45) is 0 Å². The van der Waals surface area contributed by atoms with Crippen molar-refractivity contribution in [3.63, 3.8) is 0 Å². The van der Waals surface area contributed by atoms with E-state index >= 15 is 0 Å². The lowest BCUT2D eigenvalue weighted by Gasteiger charge is -2.36. The Bertz CT molecular complexity index is 499. The van der Waals surface area contributed by atoms with Gasteiger partial charge in [-0.3, -0.25) is 4.79 Å². The molecule has 0 saturated heterocycles. The third-order valence-electron chi connectivity index (χ3n) is 4.24. The first kappa shape index (κ1) is 15.4. The Morgan fingerprint density at radius 1 is 1.40 bits per heavy atom. The van der Waals surface area contributed by atoms with Crippen LogP contribution < -0.4 is 5.32 Å². The van der Waals surface area contributed by atoms with E-state index in [1.165, 1.54) is 18.9 Å². The van der Waals surface area contributed by atoms with Crippen LogP contribution in [-0.2, 0) is 0 Å². The molecule has 1 aliphatic carbocycles. The third-order valence-corrected chi connectivity index (χ3v) is 4.89. The number of carbonyl (C=O) groups is 1. The van der Waals surface area contributed by atoms with E-state index in [-0.39, 0.29) is 11.4 Å². The van der Waals surface area contributed by atoms with Crippen LogP contribution >= 0.6 is 15.9 Å². The van der Waals surface area contributed by atoms with Gasteiger partial charge < -0.3 is 10.2 Å². The molecule has 1 N–H and O–H groups in total. The highest BCUT2D eigenvalue weighted by Crippen LogP contribution is 2.33. The summed E-state index contributed by atoms with van der Waals surface area (Å²) in [7, 11) is 4.10. The number of hydrogen-bond donors (Lipinski definition) is 1. The first-order chi connectivity index (χ1) is 9.44. The fourth-order valence-corrected chi connectivity index (χ4v) is 3.05. The summed E-state index contributed by atoms with van der Waals surface area (Å²) in [4.78, 5) is 14.3. The van der Waals surface area contributed by atoms with E-state index in [9.17, 15) is 9.18 Å². The van der Waals surface area contributed by atoms with Gasteiger partial charge in [0.2, 0.25) is 0 Å². The Morgan fingerprint density at radius 3 is 2.60 bits per heavy atom. The van der Waals surface area contributed by atoms with E-state index in [1.807, 2.05) is 0 Å². The average molecular weight is 343 g/mol. The lowest BCUT2D eigenvalue weighted by molar-refractivity contribution is 0.0899. The van der Waals surface area contributed by atoms with E-state index in [4.69, 9.17) is 0 Å². The minimum atomic E-state index is -0.416. The minimum absolute atomic E-state index is 0.0452. The summed E-state index contributed by atoms with van der Waals surface area (Å²) in [5, 5.41) is 2.95. The van der Waals surface area contributed by atoms with Gasteiger partial charge in [0, 0.05) is 17.6 Å². The molecule has 1 aromatic carbocycles. The number of rotatable bonds is 4. The fourth-order valence-electron chi connectivity index (χ4n) is 2.80. The number of likely N-dealkylation sites (N-methyl/N-ethyl adjacent to an activating group) is 1. The summed E-state index contributed by atoms with van der Waals surface area (Å²) in [5.41, 5.74) is 0.404. The van der Waals surface area contributed by atoms with Crippen LogP contribution in [0.25, 0.3) is 0 Å². The number of benzene rings is 1. The quantitative estimate of drug-likeness (QED) is 0.911. The predicted octanol–water partition coefficient (Wildman–Crippen LogP) is 3.19. The van der Waals surface area contributed by atoms with Crippen LogP contribution in [0, 0.1) is 5.82 Å². The Kier molecular flexibility index (Phi) is 4.81. The molecule has 3 nitrogen and oxygen atoms in total. The number of nitrogens with zero attached hydrogens (tertiary/aromatic N) is 1. The molecule has 1 amide bonds. The van der Waals surface area contributed by atoms with E-state index in [0.717, 1.165) is 12.8 Å². The van der Waals surface area contributed by atoms with E-state index in [1.54, 1.807) is 12.1 Å². The normalized spacial score (nSPS) is 17.4. The van der Waals surface area contributed by atoms with Crippen LogP contribution in [0.15, 0.2) is 22.7 Å². The number of halogens is 2. The summed E-state index contributed by atoms with van der Waals surface area (Å²) >= 11 is 3.09. The Balaban J connectivity index is 2.02. The molecule has 1 aliphatic rings. The van der Waals surface area contributed by atoms with Crippen LogP contribution in [0.2, 0.25) is 0 Å². The second-order valence-corrected chi connectivity index (χ2v) is 6.49. The molecule has 0 radical (unpaired) electrons. The molecule has 0 spiro atoms. The van der Waals surface area contributed by atoms with Gasteiger partial charge in [-0.1, -0.05) is 12.8 Å². The molecule has 0 aromatic heterocycles. The monoisotopic (exact) mass is 342 g/mol. The average Bonchev–Trinajstić information content (AvgIpc) is 2.89.